The summed E-state index contributed by atoms with van der Waals surface area (Å²) in [6, 6.07) is 15.9. The first-order valence-corrected chi connectivity index (χ1v) is 7.56. The molecule has 1 saturated heterocycles. The molecule has 120 valence electrons. The minimum absolute atomic E-state index is 0.00121. The Morgan fingerprint density at radius 1 is 1.13 bits per heavy atom. The summed E-state index contributed by atoms with van der Waals surface area (Å²) in [6.07, 6.45) is 1.83. The number of nitrogens with zero attached hydrogens (tertiary/aromatic N) is 1. The predicted octanol–water partition coefficient (Wildman–Crippen LogP) is 4.27. The molecule has 1 unspecified atom stereocenters. The van der Waals surface area contributed by atoms with E-state index in [0.717, 1.165) is 18.4 Å². The highest BCUT2D eigenvalue weighted by molar-refractivity contribution is 5.95. The molecule has 3 rings (SSSR count). The van der Waals surface area contributed by atoms with Crippen molar-refractivity contribution in [1.82, 2.24) is 4.90 Å². The number of hydrogen-bond acceptors (Lipinski definition) is 2. The maximum absolute atomic E-state index is 12.8. The van der Waals surface area contributed by atoms with Crippen LogP contribution in [0, 0.1) is 0 Å². The first-order valence-electron chi connectivity index (χ1n) is 7.56. The third-order valence-corrected chi connectivity index (χ3v) is 4.00. The number of benzene rings is 2. The van der Waals surface area contributed by atoms with E-state index >= 15 is 0 Å². The molecule has 3 nitrogen and oxygen atoms in total. The number of amides is 1. The number of halogens is 2. The van der Waals surface area contributed by atoms with E-state index < -0.39 is 6.61 Å². The molecule has 1 aliphatic rings. The van der Waals surface area contributed by atoms with Crippen LogP contribution in [-0.4, -0.2) is 24.0 Å². The Morgan fingerprint density at radius 3 is 2.65 bits per heavy atom. The smallest absolute Gasteiger partial charge is 0.387 e. The van der Waals surface area contributed by atoms with Crippen molar-refractivity contribution >= 4 is 5.91 Å². The minimum atomic E-state index is -2.90. The number of likely N-dealkylation sites (tertiary alicyclic amines) is 1. The fraction of sp³-hybridized carbons (Fsp3) is 0.278. The standard InChI is InChI=1S/C18H17F2NO2/c19-18(20)23-15-9-4-8-14(12-15)17(22)21-11-5-10-16(21)13-6-2-1-3-7-13/h1-4,6-9,12,16,18H,5,10-11H2. The van der Waals surface area contributed by atoms with Gasteiger partial charge in [0.25, 0.3) is 5.91 Å². The molecular formula is C18H17F2NO2. The normalized spacial score (nSPS) is 17.5. The Labute approximate surface area is 133 Å². The fourth-order valence-electron chi connectivity index (χ4n) is 3.00. The molecule has 1 amide bonds. The van der Waals surface area contributed by atoms with Crippen molar-refractivity contribution in [2.24, 2.45) is 0 Å². The van der Waals surface area contributed by atoms with Crippen LogP contribution in [0.2, 0.25) is 0 Å². The Kier molecular flexibility index (Phi) is 4.55. The summed E-state index contributed by atoms with van der Waals surface area (Å²) >= 11 is 0. The lowest BCUT2D eigenvalue weighted by atomic mass is 10.0. The summed E-state index contributed by atoms with van der Waals surface area (Å²) in [4.78, 5) is 14.6. The molecule has 0 radical (unpaired) electrons. The number of rotatable bonds is 4. The summed E-state index contributed by atoms with van der Waals surface area (Å²) in [5.74, 6) is -0.155. The van der Waals surface area contributed by atoms with Crippen molar-refractivity contribution < 1.29 is 18.3 Å². The van der Waals surface area contributed by atoms with Gasteiger partial charge in [-0.3, -0.25) is 4.79 Å². The zero-order valence-corrected chi connectivity index (χ0v) is 12.5. The van der Waals surface area contributed by atoms with Gasteiger partial charge in [0.15, 0.2) is 0 Å². The third kappa shape index (κ3) is 3.50. The summed E-state index contributed by atoms with van der Waals surface area (Å²) in [6.45, 7) is -2.23. The van der Waals surface area contributed by atoms with Crippen LogP contribution in [0.15, 0.2) is 54.6 Å². The summed E-state index contributed by atoms with van der Waals surface area (Å²) < 4.78 is 29.0. The lowest BCUT2D eigenvalue weighted by Gasteiger charge is -2.25. The molecule has 1 aliphatic heterocycles. The van der Waals surface area contributed by atoms with Gasteiger partial charge < -0.3 is 9.64 Å². The molecule has 5 heteroatoms. The Morgan fingerprint density at radius 2 is 1.91 bits per heavy atom. The highest BCUT2D eigenvalue weighted by Crippen LogP contribution is 2.33. The first-order chi connectivity index (χ1) is 11.1. The largest absolute Gasteiger partial charge is 0.435 e. The molecule has 2 aromatic carbocycles. The quantitative estimate of drug-likeness (QED) is 0.843. The van der Waals surface area contributed by atoms with Gasteiger partial charge in [-0.05, 0) is 36.6 Å². The van der Waals surface area contributed by atoms with Crippen LogP contribution in [0.1, 0.15) is 34.8 Å². The maximum atomic E-state index is 12.8. The summed E-state index contributed by atoms with van der Waals surface area (Å²) in [7, 11) is 0. The van der Waals surface area contributed by atoms with Crippen molar-refractivity contribution in [1.29, 1.82) is 0 Å². The van der Waals surface area contributed by atoms with Gasteiger partial charge in [0, 0.05) is 12.1 Å². The first kappa shape index (κ1) is 15.5. The van der Waals surface area contributed by atoms with E-state index in [1.807, 2.05) is 30.3 Å². The molecule has 23 heavy (non-hydrogen) atoms. The van der Waals surface area contributed by atoms with E-state index in [4.69, 9.17) is 0 Å². The van der Waals surface area contributed by atoms with Crippen LogP contribution in [-0.2, 0) is 0 Å². The van der Waals surface area contributed by atoms with Gasteiger partial charge in [0.1, 0.15) is 5.75 Å². The maximum Gasteiger partial charge on any atom is 0.387 e. The molecule has 0 aromatic heterocycles. The molecule has 1 fully saturated rings. The highest BCUT2D eigenvalue weighted by Gasteiger charge is 2.30. The van der Waals surface area contributed by atoms with Gasteiger partial charge in [0.2, 0.25) is 0 Å². The zero-order valence-electron chi connectivity index (χ0n) is 12.5. The van der Waals surface area contributed by atoms with Crippen LogP contribution in [0.4, 0.5) is 8.78 Å². The molecular weight excluding hydrogens is 300 g/mol. The van der Waals surface area contributed by atoms with Crippen molar-refractivity contribution in [3.63, 3.8) is 0 Å². The molecule has 0 saturated carbocycles. The lowest BCUT2D eigenvalue weighted by Crippen LogP contribution is -2.30. The summed E-state index contributed by atoms with van der Waals surface area (Å²) in [5, 5.41) is 0. The number of hydrogen-bond donors (Lipinski definition) is 0. The van der Waals surface area contributed by atoms with E-state index in [9.17, 15) is 13.6 Å². The fourth-order valence-corrected chi connectivity index (χ4v) is 3.00. The molecule has 2 aromatic rings. The van der Waals surface area contributed by atoms with Gasteiger partial charge in [-0.25, -0.2) is 0 Å². The topological polar surface area (TPSA) is 29.5 Å². The van der Waals surface area contributed by atoms with Crippen LogP contribution >= 0.6 is 0 Å². The van der Waals surface area contributed by atoms with E-state index in [-0.39, 0.29) is 17.7 Å². The summed E-state index contributed by atoms with van der Waals surface area (Å²) in [5.41, 5.74) is 1.46. The molecule has 1 heterocycles. The average molecular weight is 317 g/mol. The Balaban J connectivity index is 1.82. The van der Waals surface area contributed by atoms with Crippen LogP contribution in [0.5, 0.6) is 5.75 Å². The van der Waals surface area contributed by atoms with Gasteiger partial charge in [-0.15, -0.1) is 0 Å². The van der Waals surface area contributed by atoms with E-state index in [1.54, 1.807) is 17.0 Å². The van der Waals surface area contributed by atoms with Crippen molar-refractivity contribution in [3.05, 3.63) is 65.7 Å². The average Bonchev–Trinajstić information content (AvgIpc) is 3.04. The number of ether oxygens (including phenoxy) is 1. The number of carbonyl (C=O) groups excluding carboxylic acids is 1. The van der Waals surface area contributed by atoms with Gasteiger partial charge in [-0.1, -0.05) is 36.4 Å². The monoisotopic (exact) mass is 317 g/mol. The number of alkyl halides is 2. The highest BCUT2D eigenvalue weighted by atomic mass is 19.3. The van der Waals surface area contributed by atoms with Gasteiger partial charge in [0.05, 0.1) is 6.04 Å². The second kappa shape index (κ2) is 6.77. The van der Waals surface area contributed by atoms with E-state index in [0.29, 0.717) is 12.1 Å². The SMILES string of the molecule is O=C(c1cccc(OC(F)F)c1)N1CCCC1c1ccccc1. The van der Waals surface area contributed by atoms with Crippen molar-refractivity contribution in [2.75, 3.05) is 6.54 Å². The Hall–Kier alpha value is -2.43. The van der Waals surface area contributed by atoms with Crippen LogP contribution in [0.25, 0.3) is 0 Å². The molecule has 1 atom stereocenters. The van der Waals surface area contributed by atoms with E-state index in [2.05, 4.69) is 4.74 Å². The third-order valence-electron chi connectivity index (χ3n) is 4.00. The second-order valence-electron chi connectivity index (χ2n) is 5.47. The van der Waals surface area contributed by atoms with Gasteiger partial charge >= 0.3 is 6.61 Å². The second-order valence-corrected chi connectivity index (χ2v) is 5.47. The Bertz CT molecular complexity index is 676. The van der Waals surface area contributed by atoms with Crippen molar-refractivity contribution in [2.45, 2.75) is 25.5 Å². The molecule has 0 spiro atoms. The van der Waals surface area contributed by atoms with E-state index in [1.165, 1.54) is 12.1 Å². The molecule has 0 bridgehead atoms. The predicted molar refractivity (Wildman–Crippen MR) is 82.5 cm³/mol. The molecule has 0 N–H and O–H groups in total. The van der Waals surface area contributed by atoms with Crippen LogP contribution < -0.4 is 4.74 Å². The van der Waals surface area contributed by atoms with Crippen LogP contribution in [0.3, 0.4) is 0 Å². The molecule has 0 aliphatic carbocycles. The zero-order chi connectivity index (χ0) is 16.2. The lowest BCUT2D eigenvalue weighted by molar-refractivity contribution is -0.0499. The van der Waals surface area contributed by atoms with Gasteiger partial charge in [-0.2, -0.15) is 8.78 Å². The minimum Gasteiger partial charge on any atom is -0.435 e. The van der Waals surface area contributed by atoms with Crippen molar-refractivity contribution in [3.8, 4) is 5.75 Å². The number of carbonyl (C=O) groups is 1.